The number of rotatable bonds is 5. The molecule has 5 heteroatoms. The van der Waals surface area contributed by atoms with E-state index in [4.69, 9.17) is 10.00 Å². The Kier molecular flexibility index (Phi) is 4.69. The van der Waals surface area contributed by atoms with Crippen molar-refractivity contribution in [2.45, 2.75) is 20.4 Å². The largest absolute Gasteiger partial charge is 0.544 e. The summed E-state index contributed by atoms with van der Waals surface area (Å²) in [5.41, 5.74) is 2.23. The van der Waals surface area contributed by atoms with E-state index in [0.717, 1.165) is 11.4 Å². The van der Waals surface area contributed by atoms with E-state index in [1.165, 1.54) is 6.08 Å². The molecule has 0 atom stereocenters. The number of carboxylic acids is 1. The van der Waals surface area contributed by atoms with Crippen LogP contribution in [0.3, 0.4) is 0 Å². The molecular weight excluding hydrogens is 232 g/mol. The summed E-state index contributed by atoms with van der Waals surface area (Å²) in [6.07, 6.45) is 1.33. The number of ether oxygens (including phenoxy) is 1. The van der Waals surface area contributed by atoms with Crippen LogP contribution in [0.2, 0.25) is 0 Å². The molecule has 0 aliphatic rings. The molecule has 0 saturated carbocycles. The number of carboxylic acid groups (broad SMARTS) is 1. The summed E-state index contributed by atoms with van der Waals surface area (Å²) in [5, 5.41) is 19.4. The van der Waals surface area contributed by atoms with Crippen LogP contribution in [0.5, 0.6) is 0 Å². The van der Waals surface area contributed by atoms with Gasteiger partial charge in [-0.05, 0) is 31.6 Å². The monoisotopic (exact) mass is 247 g/mol. The number of hydrogen-bond acceptors (Lipinski definition) is 4. The van der Waals surface area contributed by atoms with E-state index in [0.29, 0.717) is 18.7 Å². The fourth-order valence-corrected chi connectivity index (χ4v) is 1.79. The van der Waals surface area contributed by atoms with Crippen molar-refractivity contribution in [3.63, 3.8) is 0 Å². The van der Waals surface area contributed by atoms with Crippen molar-refractivity contribution >= 4 is 12.0 Å². The SMILES string of the molecule is COCCn1c(C)cc(/C=C(\C#N)C(=O)[O-])c1C. The quantitative estimate of drug-likeness (QED) is 0.557. The molecule has 1 aromatic rings. The van der Waals surface area contributed by atoms with Crippen LogP contribution >= 0.6 is 0 Å². The molecule has 1 heterocycles. The zero-order valence-corrected chi connectivity index (χ0v) is 10.7. The number of aromatic nitrogens is 1. The molecule has 0 N–H and O–H groups in total. The van der Waals surface area contributed by atoms with Crippen molar-refractivity contribution in [3.05, 3.63) is 28.6 Å². The van der Waals surface area contributed by atoms with Gasteiger partial charge >= 0.3 is 0 Å². The Hall–Kier alpha value is -2.06. The van der Waals surface area contributed by atoms with E-state index >= 15 is 0 Å². The van der Waals surface area contributed by atoms with Crippen LogP contribution in [0, 0.1) is 25.2 Å². The predicted octanol–water partition coefficient (Wildman–Crippen LogP) is 0.408. The number of aryl methyl sites for hydroxylation is 1. The lowest BCUT2D eigenvalue weighted by Crippen LogP contribution is -2.23. The fraction of sp³-hybridized carbons (Fsp3) is 0.385. The molecule has 0 spiro atoms. The van der Waals surface area contributed by atoms with Crippen molar-refractivity contribution in [2.24, 2.45) is 0 Å². The predicted molar refractivity (Wildman–Crippen MR) is 64.4 cm³/mol. The van der Waals surface area contributed by atoms with Gasteiger partial charge in [0.1, 0.15) is 6.07 Å². The maximum atomic E-state index is 10.7. The van der Waals surface area contributed by atoms with Gasteiger partial charge in [0.15, 0.2) is 0 Å². The Morgan fingerprint density at radius 1 is 1.61 bits per heavy atom. The standard InChI is InChI=1S/C13H16N2O3/c1-9-6-11(7-12(8-14)13(16)17)10(2)15(9)4-5-18-3/h6-7H,4-5H2,1-3H3,(H,16,17)/p-1/b12-7+. The number of carbonyl (C=O) groups excluding carboxylic acids is 1. The van der Waals surface area contributed by atoms with Crippen LogP contribution in [0.15, 0.2) is 11.6 Å². The van der Waals surface area contributed by atoms with E-state index in [9.17, 15) is 9.90 Å². The Morgan fingerprint density at radius 3 is 2.78 bits per heavy atom. The van der Waals surface area contributed by atoms with Gasteiger partial charge in [-0.15, -0.1) is 0 Å². The summed E-state index contributed by atoms with van der Waals surface area (Å²) in [5.74, 6) is -1.46. The third-order valence-corrected chi connectivity index (χ3v) is 2.77. The number of hydrogen-bond donors (Lipinski definition) is 0. The molecule has 0 aliphatic heterocycles. The average molecular weight is 247 g/mol. The van der Waals surface area contributed by atoms with Gasteiger partial charge in [0.25, 0.3) is 0 Å². The van der Waals surface area contributed by atoms with E-state index in [1.807, 2.05) is 24.5 Å². The van der Waals surface area contributed by atoms with E-state index in [1.54, 1.807) is 13.2 Å². The lowest BCUT2D eigenvalue weighted by molar-refractivity contribution is -0.298. The van der Waals surface area contributed by atoms with Crippen molar-refractivity contribution in [1.29, 1.82) is 5.26 Å². The molecule has 0 aliphatic carbocycles. The minimum Gasteiger partial charge on any atom is -0.544 e. The Labute approximate surface area is 106 Å². The molecule has 0 fully saturated rings. The molecule has 0 saturated heterocycles. The lowest BCUT2D eigenvalue weighted by atomic mass is 10.1. The Morgan fingerprint density at radius 2 is 2.28 bits per heavy atom. The number of aliphatic carboxylic acids is 1. The molecule has 1 aromatic heterocycles. The normalized spacial score (nSPS) is 11.3. The van der Waals surface area contributed by atoms with Gasteiger partial charge in [0, 0.05) is 25.0 Å². The smallest absolute Gasteiger partial charge is 0.101 e. The number of carbonyl (C=O) groups is 1. The lowest BCUT2D eigenvalue weighted by Gasteiger charge is -2.08. The molecule has 0 radical (unpaired) electrons. The van der Waals surface area contributed by atoms with E-state index < -0.39 is 5.97 Å². The van der Waals surface area contributed by atoms with Crippen LogP contribution in [0.1, 0.15) is 17.0 Å². The first kappa shape index (κ1) is 14.0. The molecule has 0 unspecified atom stereocenters. The van der Waals surface area contributed by atoms with Crippen molar-refractivity contribution < 1.29 is 14.6 Å². The van der Waals surface area contributed by atoms with Crippen LogP contribution in [-0.4, -0.2) is 24.3 Å². The highest BCUT2D eigenvalue weighted by Crippen LogP contribution is 2.18. The number of methoxy groups -OCH3 is 1. The van der Waals surface area contributed by atoms with Crippen molar-refractivity contribution in [2.75, 3.05) is 13.7 Å². The molecule has 5 nitrogen and oxygen atoms in total. The first-order chi connectivity index (χ1) is 8.51. The molecule has 0 bridgehead atoms. The second kappa shape index (κ2) is 6.03. The summed E-state index contributed by atoms with van der Waals surface area (Å²) in [6, 6.07) is 3.45. The van der Waals surface area contributed by atoms with Gasteiger partial charge < -0.3 is 19.2 Å². The highest BCUT2D eigenvalue weighted by Gasteiger charge is 2.08. The van der Waals surface area contributed by atoms with Gasteiger partial charge in [-0.25, -0.2) is 0 Å². The summed E-state index contributed by atoms with van der Waals surface area (Å²) in [4.78, 5) is 10.7. The maximum Gasteiger partial charge on any atom is 0.101 e. The molecule has 0 amide bonds. The van der Waals surface area contributed by atoms with Crippen molar-refractivity contribution in [3.8, 4) is 6.07 Å². The van der Waals surface area contributed by atoms with Gasteiger partial charge in [0.2, 0.25) is 0 Å². The van der Waals surface area contributed by atoms with E-state index in [-0.39, 0.29) is 5.57 Å². The first-order valence-electron chi connectivity index (χ1n) is 5.50. The summed E-state index contributed by atoms with van der Waals surface area (Å²) in [6.45, 7) is 5.06. The molecule has 18 heavy (non-hydrogen) atoms. The zero-order chi connectivity index (χ0) is 13.7. The third-order valence-electron chi connectivity index (χ3n) is 2.77. The fourth-order valence-electron chi connectivity index (χ4n) is 1.79. The molecule has 96 valence electrons. The molecule has 1 rings (SSSR count). The Bertz CT molecular complexity index is 521. The van der Waals surface area contributed by atoms with Crippen molar-refractivity contribution in [1.82, 2.24) is 4.57 Å². The molecular formula is C13H15N2O3-. The Balaban J connectivity index is 3.13. The average Bonchev–Trinajstić information content (AvgIpc) is 2.59. The van der Waals surface area contributed by atoms with Gasteiger partial charge in [-0.1, -0.05) is 0 Å². The molecule has 0 aromatic carbocycles. The number of nitrogens with zero attached hydrogens (tertiary/aromatic N) is 2. The summed E-state index contributed by atoms with van der Waals surface area (Å²) < 4.78 is 7.03. The van der Waals surface area contributed by atoms with Crippen LogP contribution < -0.4 is 5.11 Å². The van der Waals surface area contributed by atoms with E-state index in [2.05, 4.69) is 0 Å². The summed E-state index contributed by atoms with van der Waals surface area (Å²) >= 11 is 0. The van der Waals surface area contributed by atoms with Gasteiger partial charge in [0.05, 0.1) is 18.1 Å². The minimum atomic E-state index is -1.46. The van der Waals surface area contributed by atoms with Crippen LogP contribution in [-0.2, 0) is 16.1 Å². The second-order valence-corrected chi connectivity index (χ2v) is 3.93. The number of nitriles is 1. The third kappa shape index (κ3) is 2.99. The van der Waals surface area contributed by atoms with Crippen LogP contribution in [0.25, 0.3) is 6.08 Å². The summed E-state index contributed by atoms with van der Waals surface area (Å²) in [7, 11) is 1.62. The maximum absolute atomic E-state index is 10.7. The minimum absolute atomic E-state index is 0.373. The van der Waals surface area contributed by atoms with Crippen LogP contribution in [0.4, 0.5) is 0 Å². The second-order valence-electron chi connectivity index (χ2n) is 3.93. The highest BCUT2D eigenvalue weighted by atomic mass is 16.5. The van der Waals surface area contributed by atoms with Gasteiger partial charge in [-0.2, -0.15) is 5.26 Å². The first-order valence-corrected chi connectivity index (χ1v) is 5.50. The van der Waals surface area contributed by atoms with Gasteiger partial charge in [-0.3, -0.25) is 0 Å². The highest BCUT2D eigenvalue weighted by molar-refractivity contribution is 5.95. The zero-order valence-electron chi connectivity index (χ0n) is 10.7. The topological polar surface area (TPSA) is 78.1 Å².